The number of hydrogen-bond donors (Lipinski definition) is 2. The minimum Gasteiger partial charge on any atom is -0.507 e. The Morgan fingerprint density at radius 2 is 0.893 bits per heavy atom. The largest absolute Gasteiger partial charge is 0.507 e. The van der Waals surface area contributed by atoms with E-state index in [0.717, 1.165) is 78.6 Å². The lowest BCUT2D eigenvalue weighted by Gasteiger charge is -2.06. The number of rotatable bonds is 7. The fraction of sp³-hybridized carbons (Fsp3) is 0.138. The number of aldehydes is 2. The van der Waals surface area contributed by atoms with Gasteiger partial charge in [0.15, 0.2) is 12.6 Å². The summed E-state index contributed by atoms with van der Waals surface area (Å²) >= 11 is 16.4. The number of furan rings is 2. The number of nitriles is 2. The fourth-order valence-electron chi connectivity index (χ4n) is 6.16. The molecule has 0 saturated heterocycles. The van der Waals surface area contributed by atoms with Crippen LogP contribution in [0.5, 0.6) is 23.0 Å². The summed E-state index contributed by atoms with van der Waals surface area (Å²) in [4.78, 5) is 42.3. The van der Waals surface area contributed by atoms with E-state index in [4.69, 9.17) is 33.9 Å². The molecule has 75 heavy (non-hydrogen) atoms. The number of hydrogen-bond acceptors (Lipinski definition) is 12. The molecule has 0 aliphatic carbocycles. The summed E-state index contributed by atoms with van der Waals surface area (Å²) in [6, 6.07) is 40.5. The predicted octanol–water partition coefficient (Wildman–Crippen LogP) is 16.9. The molecule has 2 heterocycles. The average Bonchev–Trinajstić information content (AvgIpc) is 3.97. The number of benzene rings is 6. The average molecular weight is 1330 g/mol. The second-order valence-electron chi connectivity index (χ2n) is 16.0. The van der Waals surface area contributed by atoms with Crippen LogP contribution in [0.25, 0.3) is 34.1 Å². The Labute approximate surface area is 476 Å². The van der Waals surface area contributed by atoms with E-state index in [0.29, 0.717) is 52.5 Å². The summed E-state index contributed by atoms with van der Waals surface area (Å²) in [6.07, 6.45) is 4.93. The van der Waals surface area contributed by atoms with Crippen molar-refractivity contribution in [1.29, 1.82) is 10.5 Å². The number of aromatic hydroxyl groups is 2. The molecule has 2 aromatic heterocycles. The molecule has 0 aliphatic heterocycles. The van der Waals surface area contributed by atoms with E-state index >= 15 is 0 Å². The molecule has 0 unspecified atom stereocenters. The Morgan fingerprint density at radius 3 is 1.32 bits per heavy atom. The molecular weight excluding hydrogens is 1280 g/mol. The van der Waals surface area contributed by atoms with Gasteiger partial charge in [0.2, 0.25) is 11.5 Å². The summed E-state index contributed by atoms with van der Waals surface area (Å²) in [7, 11) is 0. The number of esters is 2. The molecule has 17 heteroatoms. The summed E-state index contributed by atoms with van der Waals surface area (Å²) in [5.41, 5.74) is 10.2. The fourth-order valence-corrected chi connectivity index (χ4v) is 7.49. The van der Waals surface area contributed by atoms with Crippen molar-refractivity contribution in [3.05, 3.63) is 195 Å². The first-order valence-corrected chi connectivity index (χ1v) is 26.4. The van der Waals surface area contributed by atoms with Crippen molar-refractivity contribution in [2.45, 2.75) is 53.8 Å². The molecule has 0 aliphatic rings. The van der Waals surface area contributed by atoms with Gasteiger partial charge in [-0.25, -0.2) is 0 Å². The van der Waals surface area contributed by atoms with Gasteiger partial charge in [-0.1, -0.05) is 76.6 Å². The van der Waals surface area contributed by atoms with Crippen molar-refractivity contribution in [1.82, 2.24) is 0 Å². The maximum absolute atomic E-state index is 10.9. The maximum Gasteiger partial charge on any atom is 0.308 e. The van der Waals surface area contributed by atoms with Crippen LogP contribution in [0, 0.1) is 57.3 Å². The quantitative estimate of drug-likeness (QED) is 0.0663. The van der Waals surface area contributed by atoms with Crippen LogP contribution in [0.4, 0.5) is 0 Å². The molecule has 2 N–H and O–H groups in total. The monoisotopic (exact) mass is 1330 g/mol. The first kappa shape index (κ1) is 62.4. The third kappa shape index (κ3) is 22.3. The van der Waals surface area contributed by atoms with E-state index in [9.17, 15) is 24.3 Å². The second kappa shape index (κ2) is 31.8. The summed E-state index contributed by atoms with van der Waals surface area (Å²) in [5, 5.41) is 38.4. The van der Waals surface area contributed by atoms with Crippen molar-refractivity contribution >= 4 is 138 Å². The number of carbonyl (C=O) groups is 4. The highest BCUT2D eigenvalue weighted by Crippen LogP contribution is 2.28. The zero-order valence-corrected chi connectivity index (χ0v) is 49.4. The third-order valence-corrected chi connectivity index (χ3v) is 11.2. The number of ether oxygens (including phenoxy) is 2. The lowest BCUT2D eigenvalue weighted by Crippen LogP contribution is -2.03. The normalized spacial score (nSPS) is 9.68. The lowest BCUT2D eigenvalue weighted by molar-refractivity contribution is -0.132. The van der Waals surface area contributed by atoms with Gasteiger partial charge in [0.1, 0.15) is 46.3 Å². The Hall–Kier alpha value is -6.86. The molecule has 6 aromatic carbocycles. The van der Waals surface area contributed by atoms with E-state index in [1.165, 1.54) is 13.8 Å². The molecule has 0 fully saturated rings. The molecule has 0 amide bonds. The first-order chi connectivity index (χ1) is 35.6. The van der Waals surface area contributed by atoms with Gasteiger partial charge < -0.3 is 28.5 Å². The van der Waals surface area contributed by atoms with Gasteiger partial charge in [0, 0.05) is 53.2 Å². The van der Waals surface area contributed by atoms with Crippen molar-refractivity contribution in [3.63, 3.8) is 0 Å². The Bertz CT molecular complexity index is 3430. The number of halogens is 5. The van der Waals surface area contributed by atoms with Crippen molar-refractivity contribution in [3.8, 4) is 35.1 Å². The van der Waals surface area contributed by atoms with Gasteiger partial charge in [-0.3, -0.25) is 19.2 Å². The van der Waals surface area contributed by atoms with Crippen LogP contribution in [0.3, 0.4) is 0 Å². The Balaban J connectivity index is 0.000000238. The number of phenolic OH excluding ortho intramolecular Hbond substituents is 2. The SMILES string of the molecule is CC(=O)Oc1cc(C)ccc1C=C(Br)Br.CC(=O)Oc1cc(C)ccc1C=O.Cc1ccc(C=C(Br)Br)c(O)c1.Cc1ccc(C=O)c(O)c1.Cc1ccc2cc(C#N)oc2c1.N#Cc1cc2ccc(CBr)cc2o1. The van der Waals surface area contributed by atoms with Crippen molar-refractivity contribution in [2.24, 2.45) is 0 Å². The van der Waals surface area contributed by atoms with Gasteiger partial charge in [0.25, 0.3) is 0 Å². The molecule has 0 atom stereocenters. The number of phenols is 2. The van der Waals surface area contributed by atoms with Gasteiger partial charge >= 0.3 is 11.9 Å². The van der Waals surface area contributed by atoms with E-state index < -0.39 is 5.97 Å². The molecule has 8 rings (SSSR count). The topological polar surface area (TPSA) is 201 Å². The molecule has 0 bridgehead atoms. The zero-order valence-electron chi connectivity index (χ0n) is 41.5. The van der Waals surface area contributed by atoms with Crippen LogP contribution in [0.1, 0.15) is 90.6 Å². The lowest BCUT2D eigenvalue weighted by atomic mass is 10.1. The molecule has 0 saturated carbocycles. The highest BCUT2D eigenvalue weighted by atomic mass is 79.9. The highest BCUT2D eigenvalue weighted by molar-refractivity contribution is 9.28. The molecule has 8 aromatic rings. The Kier molecular flexibility index (Phi) is 26.5. The number of aryl methyl sites for hydroxylation is 5. The smallest absolute Gasteiger partial charge is 0.308 e. The number of carbonyl (C=O) groups excluding carboxylic acids is 4. The second-order valence-corrected chi connectivity index (χ2v) is 22.1. The minimum absolute atomic E-state index is 0.0509. The molecular formula is C58H49Br5N2O10. The summed E-state index contributed by atoms with van der Waals surface area (Å²) < 4.78 is 22.1. The van der Waals surface area contributed by atoms with E-state index in [2.05, 4.69) is 79.6 Å². The van der Waals surface area contributed by atoms with E-state index in [1.54, 1.807) is 60.7 Å². The third-order valence-electron chi connectivity index (χ3n) is 9.64. The van der Waals surface area contributed by atoms with Crippen LogP contribution in [0.2, 0.25) is 0 Å². The number of alkyl halides is 1. The van der Waals surface area contributed by atoms with Gasteiger partial charge in [0.05, 0.1) is 17.9 Å². The van der Waals surface area contributed by atoms with Crippen LogP contribution in [-0.4, -0.2) is 34.7 Å². The number of fused-ring (bicyclic) bond motifs is 2. The minimum atomic E-state index is -0.422. The van der Waals surface area contributed by atoms with Crippen LogP contribution in [0.15, 0.2) is 137 Å². The number of nitrogens with zero attached hydrogens (tertiary/aromatic N) is 2. The van der Waals surface area contributed by atoms with Gasteiger partial charge in [-0.05, 0) is 192 Å². The van der Waals surface area contributed by atoms with E-state index in [1.807, 2.05) is 120 Å². The van der Waals surface area contributed by atoms with Gasteiger partial charge in [-0.2, -0.15) is 10.5 Å². The standard InChI is InChI=1S/C11H10Br2O2.C10H6BrNO.C10H7NO.C10H10O3.C9H8Br2O.C8H8O2/c1-7-3-4-9(6-11(12)13)10(5-7)15-8(2)14;11-5-7-1-2-8-4-9(6-12)13-10(8)3-7;1-7-2-3-8-5-9(6-11)12-10(8)4-7;1-7-3-4-9(6-11)10(5-7)13-8(2)12;1-6-2-3-7(5-9(10)11)8(12)4-6;1-6-2-3-7(5-9)8(10)4-6/h3-6H,1-2H3;1-4H,5H2;2-5H,1H3;3-6H,1-2H3;2-5,12H,1H3;2-5,10H,1H3. The van der Waals surface area contributed by atoms with Crippen LogP contribution in [-0.2, 0) is 14.9 Å². The predicted molar refractivity (Wildman–Crippen MR) is 312 cm³/mol. The first-order valence-electron chi connectivity index (χ1n) is 22.1. The Morgan fingerprint density at radius 1 is 0.520 bits per heavy atom. The summed E-state index contributed by atoms with van der Waals surface area (Å²) in [5.74, 6) is 1.23. The highest BCUT2D eigenvalue weighted by Gasteiger charge is 2.08. The van der Waals surface area contributed by atoms with Gasteiger partial charge in [-0.15, -0.1) is 0 Å². The summed E-state index contributed by atoms with van der Waals surface area (Å²) in [6.45, 7) is 12.3. The van der Waals surface area contributed by atoms with Crippen molar-refractivity contribution in [2.75, 3.05) is 0 Å². The van der Waals surface area contributed by atoms with E-state index in [-0.39, 0.29) is 11.7 Å². The maximum atomic E-state index is 10.9. The van der Waals surface area contributed by atoms with Crippen molar-refractivity contribution < 1.29 is 47.7 Å². The molecule has 0 spiro atoms. The van der Waals surface area contributed by atoms with Crippen LogP contribution >= 0.6 is 79.6 Å². The molecule has 12 nitrogen and oxygen atoms in total. The zero-order chi connectivity index (χ0) is 55.8. The molecule has 0 radical (unpaired) electrons. The van der Waals surface area contributed by atoms with Crippen LogP contribution < -0.4 is 9.47 Å². The molecule has 386 valence electrons.